The molecule has 2 atom stereocenters. The Morgan fingerprint density at radius 2 is 1.50 bits per heavy atom. The molecule has 52 heavy (non-hydrogen) atoms. The van der Waals surface area contributed by atoms with Crippen LogP contribution in [-0.2, 0) is 22.6 Å². The van der Waals surface area contributed by atoms with E-state index in [1.54, 1.807) is 78.9 Å². The van der Waals surface area contributed by atoms with Crippen LogP contribution >= 0.6 is 0 Å². The molecule has 0 fully saturated rings. The maximum Gasteiger partial charge on any atom is 0.419 e. The Labute approximate surface area is 298 Å². The number of nitrogens with zero attached hydrogens (tertiary/aromatic N) is 3. The van der Waals surface area contributed by atoms with E-state index < -0.39 is 35.6 Å². The van der Waals surface area contributed by atoms with E-state index in [0.717, 1.165) is 10.5 Å². The van der Waals surface area contributed by atoms with Gasteiger partial charge in [0, 0.05) is 39.0 Å². The molecule has 1 aromatic heterocycles. The lowest BCUT2D eigenvalue weighted by atomic mass is 10.00. The number of aliphatic hydroxyl groups excluding tert-OH is 1. The van der Waals surface area contributed by atoms with Crippen molar-refractivity contribution < 1.29 is 38.2 Å². The lowest BCUT2D eigenvalue weighted by Gasteiger charge is -2.31. The van der Waals surface area contributed by atoms with Gasteiger partial charge in [0.2, 0.25) is 18.6 Å². The molecule has 0 aliphatic carbocycles. The Bertz CT molecular complexity index is 2160. The molecule has 4 aromatic carbocycles. The molecule has 4 amide bonds. The van der Waals surface area contributed by atoms with E-state index in [1.165, 1.54) is 9.47 Å². The second-order valence-corrected chi connectivity index (χ2v) is 12.6. The van der Waals surface area contributed by atoms with E-state index in [9.17, 15) is 29.1 Å². The smallest absolute Gasteiger partial charge is 0.419 e. The number of rotatable bonds is 14. The monoisotopic (exact) mass is 704 g/mol. The highest BCUT2D eigenvalue weighted by atomic mass is 16.7. The van der Waals surface area contributed by atoms with Crippen molar-refractivity contribution in [2.24, 2.45) is 0 Å². The first kappa shape index (κ1) is 34.2. The van der Waals surface area contributed by atoms with Crippen LogP contribution in [0.1, 0.15) is 50.7 Å². The van der Waals surface area contributed by atoms with Crippen molar-refractivity contribution in [3.63, 3.8) is 0 Å². The fourth-order valence-corrected chi connectivity index (χ4v) is 6.56. The Morgan fingerprint density at radius 1 is 0.808 bits per heavy atom. The molecule has 5 aromatic rings. The molecule has 2 N–H and O–H groups in total. The molecule has 0 bridgehead atoms. The Kier molecular flexibility index (Phi) is 9.85. The lowest BCUT2D eigenvalue weighted by Crippen LogP contribution is -2.46. The van der Waals surface area contributed by atoms with E-state index in [-0.39, 0.29) is 51.7 Å². The molecular formula is C39H36N4O9. The van der Waals surface area contributed by atoms with Gasteiger partial charge in [-0.3, -0.25) is 28.6 Å². The van der Waals surface area contributed by atoms with Gasteiger partial charge in [-0.25, -0.2) is 4.79 Å². The molecule has 0 radical (unpaired) electrons. The highest BCUT2D eigenvalue weighted by Crippen LogP contribution is 2.33. The van der Waals surface area contributed by atoms with E-state index in [1.807, 2.05) is 18.2 Å². The Morgan fingerprint density at radius 3 is 2.27 bits per heavy atom. The van der Waals surface area contributed by atoms with E-state index in [2.05, 4.69) is 5.32 Å². The minimum atomic E-state index is -1.26. The van der Waals surface area contributed by atoms with E-state index >= 15 is 0 Å². The summed E-state index contributed by atoms with van der Waals surface area (Å²) >= 11 is 0. The number of hydrogen-bond donors (Lipinski definition) is 2. The number of carbonyl (C=O) groups excluding carboxylic acids is 4. The molecular weight excluding hydrogens is 668 g/mol. The summed E-state index contributed by atoms with van der Waals surface area (Å²) in [5, 5.41) is 14.6. The number of imide groups is 1. The number of fused-ring (bicyclic) bond motifs is 3. The van der Waals surface area contributed by atoms with Crippen LogP contribution in [-0.4, -0.2) is 75.6 Å². The van der Waals surface area contributed by atoms with Crippen LogP contribution < -0.4 is 20.5 Å². The first-order chi connectivity index (χ1) is 25.3. The zero-order chi connectivity index (χ0) is 36.2. The maximum atomic E-state index is 13.9. The first-order valence-electron chi connectivity index (χ1n) is 17.0. The van der Waals surface area contributed by atoms with Gasteiger partial charge in [-0.05, 0) is 53.9 Å². The predicted molar refractivity (Wildman–Crippen MR) is 188 cm³/mol. The molecule has 266 valence electrons. The molecule has 2 aliphatic rings. The highest BCUT2D eigenvalue weighted by molar-refractivity contribution is 6.21. The summed E-state index contributed by atoms with van der Waals surface area (Å²) in [7, 11) is 0. The molecule has 13 heteroatoms. The van der Waals surface area contributed by atoms with Crippen LogP contribution in [0.3, 0.4) is 0 Å². The normalized spacial score (nSPS) is 14.4. The molecule has 0 spiro atoms. The van der Waals surface area contributed by atoms with Crippen molar-refractivity contribution in [1.29, 1.82) is 0 Å². The van der Waals surface area contributed by atoms with Crippen molar-refractivity contribution in [1.82, 2.24) is 19.7 Å². The topological polar surface area (TPSA) is 161 Å². The van der Waals surface area contributed by atoms with Crippen LogP contribution in [0.25, 0.3) is 11.1 Å². The summed E-state index contributed by atoms with van der Waals surface area (Å²) < 4.78 is 17.6. The quantitative estimate of drug-likeness (QED) is 0.164. The number of oxazole rings is 1. The second kappa shape index (κ2) is 15.0. The number of aliphatic hydroxyl groups is 1. The standard InChI is InChI=1S/C39H36N4O9/c44-30(36(26-8-2-1-3-9-26)40-34(45)17-20-42-29-12-6-7-13-31(29)52-39(42)49)23-41(19-16-25-14-15-32-33(22-25)51-24-50-32)35(46)18-21-43-37(47)27-10-4-5-11-28(27)38(43)48/h1-15,22,30,36,44H,16-21,23-24H2,(H,40,45)/t30?,36-/m0/s1. The number of amides is 4. The van der Waals surface area contributed by atoms with Crippen molar-refractivity contribution in [3.8, 4) is 11.5 Å². The van der Waals surface area contributed by atoms with E-state index in [4.69, 9.17) is 13.9 Å². The number of para-hydroxylation sites is 2. The summed E-state index contributed by atoms with van der Waals surface area (Å²) in [6.45, 7) is 0.0517. The summed E-state index contributed by atoms with van der Waals surface area (Å²) in [6, 6.07) is 26.9. The fourth-order valence-electron chi connectivity index (χ4n) is 6.56. The average molecular weight is 705 g/mol. The molecule has 0 saturated carbocycles. The third-order valence-corrected chi connectivity index (χ3v) is 9.29. The third kappa shape index (κ3) is 7.16. The third-order valence-electron chi connectivity index (χ3n) is 9.29. The summed E-state index contributed by atoms with van der Waals surface area (Å²) in [5.41, 5.74) is 3.05. The number of hydrogen-bond acceptors (Lipinski definition) is 9. The predicted octanol–water partition coefficient (Wildman–Crippen LogP) is 3.69. The van der Waals surface area contributed by atoms with Gasteiger partial charge in [-0.2, -0.15) is 0 Å². The first-order valence-corrected chi connectivity index (χ1v) is 17.0. The number of nitrogens with one attached hydrogen (secondary N) is 1. The Balaban J connectivity index is 1.07. The van der Waals surface area contributed by atoms with Gasteiger partial charge in [-0.15, -0.1) is 0 Å². The van der Waals surface area contributed by atoms with Gasteiger partial charge in [0.1, 0.15) is 0 Å². The molecule has 13 nitrogen and oxygen atoms in total. The fraction of sp³-hybridized carbons (Fsp3) is 0.256. The van der Waals surface area contributed by atoms with Crippen molar-refractivity contribution in [2.45, 2.75) is 38.0 Å². The SMILES string of the molecule is O=C(CCn1c(=O)oc2ccccc21)N[C@@H](c1ccccc1)C(O)CN(CCc1ccc2c(c1)OCO2)C(=O)CCN1C(=O)c2ccccc2C1=O. The lowest BCUT2D eigenvalue weighted by molar-refractivity contribution is -0.133. The molecule has 0 saturated heterocycles. The van der Waals surface area contributed by atoms with Crippen molar-refractivity contribution >= 4 is 34.7 Å². The van der Waals surface area contributed by atoms with Crippen molar-refractivity contribution in [2.75, 3.05) is 26.4 Å². The van der Waals surface area contributed by atoms with Crippen LogP contribution in [0.4, 0.5) is 0 Å². The van der Waals surface area contributed by atoms with Crippen LogP contribution in [0.2, 0.25) is 0 Å². The van der Waals surface area contributed by atoms with Gasteiger partial charge in [0.05, 0.1) is 28.8 Å². The van der Waals surface area contributed by atoms with Gasteiger partial charge in [0.25, 0.3) is 11.8 Å². The van der Waals surface area contributed by atoms with E-state index in [0.29, 0.717) is 45.7 Å². The maximum absolute atomic E-state index is 13.9. The number of ether oxygens (including phenoxy) is 2. The number of aromatic nitrogens is 1. The van der Waals surface area contributed by atoms with Crippen molar-refractivity contribution in [3.05, 3.63) is 130 Å². The van der Waals surface area contributed by atoms with Crippen LogP contribution in [0.15, 0.2) is 106 Å². The number of carbonyl (C=O) groups is 4. The molecule has 2 aliphatic heterocycles. The molecule has 1 unspecified atom stereocenters. The zero-order valence-electron chi connectivity index (χ0n) is 28.1. The minimum absolute atomic E-state index is 0.0528. The van der Waals surface area contributed by atoms with Gasteiger partial charge in [-0.1, -0.05) is 60.7 Å². The average Bonchev–Trinajstić information content (AvgIpc) is 3.83. The summed E-state index contributed by atoms with van der Waals surface area (Å²) in [6.07, 6.45) is -1.11. The Hall–Kier alpha value is -6.21. The highest BCUT2D eigenvalue weighted by Gasteiger charge is 2.36. The minimum Gasteiger partial charge on any atom is -0.454 e. The number of aryl methyl sites for hydroxylation is 1. The van der Waals surface area contributed by atoms with Crippen LogP contribution in [0, 0.1) is 0 Å². The summed E-state index contributed by atoms with van der Waals surface area (Å²) in [4.78, 5) is 68.2. The van der Waals surface area contributed by atoms with Gasteiger partial charge >= 0.3 is 5.76 Å². The van der Waals surface area contributed by atoms with Crippen LogP contribution in [0.5, 0.6) is 11.5 Å². The zero-order valence-corrected chi connectivity index (χ0v) is 28.1. The number of benzene rings is 4. The largest absolute Gasteiger partial charge is 0.454 e. The summed E-state index contributed by atoms with van der Waals surface area (Å²) in [5.74, 6) is -1.09. The van der Waals surface area contributed by atoms with Gasteiger partial charge < -0.3 is 29.2 Å². The van der Waals surface area contributed by atoms with Gasteiger partial charge in [0.15, 0.2) is 17.1 Å². The molecule has 3 heterocycles. The second-order valence-electron chi connectivity index (χ2n) is 12.6. The molecule has 7 rings (SSSR count).